The van der Waals surface area contributed by atoms with Gasteiger partial charge in [-0.3, -0.25) is 4.79 Å². The summed E-state index contributed by atoms with van der Waals surface area (Å²) in [5.41, 5.74) is 0.437. The van der Waals surface area contributed by atoms with Crippen LogP contribution in [-0.2, 0) is 0 Å². The molecular weight excluding hydrogens is 354 g/mol. The minimum absolute atomic E-state index is 0.0256. The van der Waals surface area contributed by atoms with Gasteiger partial charge < -0.3 is 4.74 Å². The second kappa shape index (κ2) is 7.23. The molecule has 3 rings (SSSR count). The summed E-state index contributed by atoms with van der Waals surface area (Å²) in [6.07, 6.45) is 1.48. The monoisotopic (exact) mass is 366 g/mol. The highest BCUT2D eigenvalue weighted by Gasteiger charge is 2.19. The molecule has 4 nitrogen and oxygen atoms in total. The lowest BCUT2D eigenvalue weighted by molar-refractivity contribution is -0.0498. The third-order valence-electron chi connectivity index (χ3n) is 3.25. The van der Waals surface area contributed by atoms with E-state index in [2.05, 4.69) is 14.7 Å². The number of hydrogen-bond acceptors (Lipinski definition) is 6. The van der Waals surface area contributed by atoms with Gasteiger partial charge in [-0.05, 0) is 42.6 Å². The molecule has 1 aromatic carbocycles. The van der Waals surface area contributed by atoms with Crippen molar-refractivity contribution in [2.45, 2.75) is 23.8 Å². The Bertz CT molecular complexity index is 853. The number of benzene rings is 1. The van der Waals surface area contributed by atoms with Crippen LogP contribution >= 0.6 is 23.1 Å². The topological polar surface area (TPSA) is 52.1 Å². The molecule has 0 saturated carbocycles. The second-order valence-electron chi connectivity index (χ2n) is 4.85. The Morgan fingerprint density at radius 3 is 2.67 bits per heavy atom. The lowest BCUT2D eigenvalue weighted by atomic mass is 10.1. The molecule has 0 aliphatic carbocycles. The van der Waals surface area contributed by atoms with Gasteiger partial charge in [0.25, 0.3) is 0 Å². The number of nitrogens with zero attached hydrogens (tertiary/aromatic N) is 2. The quantitative estimate of drug-likeness (QED) is 0.361. The van der Waals surface area contributed by atoms with Crippen LogP contribution in [0.25, 0.3) is 10.2 Å². The summed E-state index contributed by atoms with van der Waals surface area (Å²) in [5, 5.41) is 3.23. The first kappa shape index (κ1) is 16.8. The van der Waals surface area contributed by atoms with Crippen LogP contribution in [-0.4, -0.2) is 27.6 Å². The largest absolute Gasteiger partial charge is 0.435 e. The van der Waals surface area contributed by atoms with Gasteiger partial charge in [0.1, 0.15) is 21.9 Å². The predicted molar refractivity (Wildman–Crippen MR) is 90.1 cm³/mol. The normalized spacial score (nSPS) is 12.5. The first-order chi connectivity index (χ1) is 11.5. The smallest absolute Gasteiger partial charge is 0.387 e. The lowest BCUT2D eigenvalue weighted by Gasteiger charge is -2.11. The average molecular weight is 366 g/mol. The first-order valence-corrected chi connectivity index (χ1v) is 8.74. The van der Waals surface area contributed by atoms with Gasteiger partial charge >= 0.3 is 6.61 Å². The summed E-state index contributed by atoms with van der Waals surface area (Å²) < 4.78 is 28.6. The minimum atomic E-state index is -2.88. The average Bonchev–Trinajstić information content (AvgIpc) is 3.04. The molecule has 0 amide bonds. The maximum atomic E-state index is 12.5. The van der Waals surface area contributed by atoms with Crippen molar-refractivity contribution in [1.29, 1.82) is 0 Å². The van der Waals surface area contributed by atoms with E-state index in [-0.39, 0.29) is 16.8 Å². The summed E-state index contributed by atoms with van der Waals surface area (Å²) >= 11 is 2.87. The maximum absolute atomic E-state index is 12.5. The number of rotatable bonds is 6. The predicted octanol–water partition coefficient (Wildman–Crippen LogP) is 4.66. The highest BCUT2D eigenvalue weighted by molar-refractivity contribution is 8.00. The highest BCUT2D eigenvalue weighted by Crippen LogP contribution is 2.31. The molecule has 0 bridgehead atoms. The number of Topliss-reactive ketones (excluding diaryl/α,β-unsaturated/α-hetero) is 1. The molecule has 124 valence electrons. The molecule has 0 N–H and O–H groups in total. The third-order valence-corrected chi connectivity index (χ3v) is 5.18. The van der Waals surface area contributed by atoms with Gasteiger partial charge in [-0.25, -0.2) is 9.97 Å². The number of carbonyl (C=O) groups is 1. The Balaban J connectivity index is 1.73. The van der Waals surface area contributed by atoms with Gasteiger partial charge in [0.15, 0.2) is 5.78 Å². The number of halogens is 2. The number of thiophene rings is 1. The summed E-state index contributed by atoms with van der Waals surface area (Å²) in [6, 6.07) is 7.61. The van der Waals surface area contributed by atoms with Gasteiger partial charge in [0, 0.05) is 10.9 Å². The van der Waals surface area contributed by atoms with Crippen LogP contribution in [0.3, 0.4) is 0 Å². The van der Waals surface area contributed by atoms with E-state index in [1.807, 2.05) is 11.4 Å². The van der Waals surface area contributed by atoms with Crippen LogP contribution in [0.1, 0.15) is 17.3 Å². The number of aromatic nitrogens is 2. The zero-order valence-electron chi connectivity index (χ0n) is 12.5. The number of ketones is 1. The van der Waals surface area contributed by atoms with Crippen LogP contribution in [0.2, 0.25) is 0 Å². The maximum Gasteiger partial charge on any atom is 0.387 e. The van der Waals surface area contributed by atoms with E-state index >= 15 is 0 Å². The van der Waals surface area contributed by atoms with Gasteiger partial charge in [-0.15, -0.1) is 11.3 Å². The van der Waals surface area contributed by atoms with E-state index in [1.54, 1.807) is 6.92 Å². The molecule has 0 unspecified atom stereocenters. The molecule has 0 spiro atoms. The van der Waals surface area contributed by atoms with E-state index < -0.39 is 6.61 Å². The lowest BCUT2D eigenvalue weighted by Crippen LogP contribution is -2.13. The fourth-order valence-electron chi connectivity index (χ4n) is 2.12. The van der Waals surface area contributed by atoms with Crippen LogP contribution in [0, 0.1) is 0 Å². The van der Waals surface area contributed by atoms with Crippen molar-refractivity contribution >= 4 is 39.1 Å². The summed E-state index contributed by atoms with van der Waals surface area (Å²) in [7, 11) is 0. The minimum Gasteiger partial charge on any atom is -0.435 e. The molecule has 2 heterocycles. The van der Waals surface area contributed by atoms with Crippen LogP contribution in [0.15, 0.2) is 47.1 Å². The SMILES string of the molecule is C[C@H](Sc1ncnc2sccc12)C(=O)c1ccc(OC(F)F)cc1. The van der Waals surface area contributed by atoms with E-state index in [4.69, 9.17) is 0 Å². The number of carbonyl (C=O) groups excluding carboxylic acids is 1. The molecule has 8 heteroatoms. The van der Waals surface area contributed by atoms with Crippen molar-refractivity contribution in [3.05, 3.63) is 47.6 Å². The Morgan fingerprint density at radius 1 is 1.21 bits per heavy atom. The molecule has 3 aromatic rings. The van der Waals surface area contributed by atoms with E-state index in [1.165, 1.54) is 53.7 Å². The van der Waals surface area contributed by atoms with Gasteiger partial charge in [0.2, 0.25) is 0 Å². The van der Waals surface area contributed by atoms with Crippen molar-refractivity contribution in [1.82, 2.24) is 9.97 Å². The number of hydrogen-bond donors (Lipinski definition) is 0. The third kappa shape index (κ3) is 3.70. The van der Waals surface area contributed by atoms with Crippen molar-refractivity contribution in [2.24, 2.45) is 0 Å². The fourth-order valence-corrected chi connectivity index (χ4v) is 3.89. The Kier molecular flexibility index (Phi) is 5.06. The van der Waals surface area contributed by atoms with Crippen LogP contribution in [0.4, 0.5) is 8.78 Å². The molecule has 0 aliphatic heterocycles. The Hall–Kier alpha value is -2.06. The molecule has 0 saturated heterocycles. The van der Waals surface area contributed by atoms with E-state index in [9.17, 15) is 13.6 Å². The summed E-state index contributed by atoms with van der Waals surface area (Å²) in [4.78, 5) is 21.8. The van der Waals surface area contributed by atoms with Crippen molar-refractivity contribution in [3.8, 4) is 5.75 Å². The van der Waals surface area contributed by atoms with Crippen LogP contribution in [0.5, 0.6) is 5.75 Å². The van der Waals surface area contributed by atoms with Gasteiger partial charge in [-0.1, -0.05) is 11.8 Å². The number of ether oxygens (including phenoxy) is 1. The summed E-state index contributed by atoms with van der Waals surface area (Å²) in [5.74, 6) is -0.0803. The van der Waals surface area contributed by atoms with Gasteiger partial charge in [-0.2, -0.15) is 8.78 Å². The number of alkyl halides is 2. The number of fused-ring (bicyclic) bond motifs is 1. The molecule has 0 aliphatic rings. The molecule has 1 atom stereocenters. The number of thioether (sulfide) groups is 1. The van der Waals surface area contributed by atoms with Crippen molar-refractivity contribution in [3.63, 3.8) is 0 Å². The van der Waals surface area contributed by atoms with Crippen molar-refractivity contribution < 1.29 is 18.3 Å². The molecular formula is C16H12F2N2O2S2. The van der Waals surface area contributed by atoms with Crippen LogP contribution < -0.4 is 4.74 Å². The van der Waals surface area contributed by atoms with E-state index in [0.717, 1.165) is 15.2 Å². The zero-order valence-corrected chi connectivity index (χ0v) is 14.1. The standard InChI is InChI=1S/C16H12F2N2O2S2/c1-9(24-15-12-6-7-23-14(12)19-8-20-15)13(21)10-2-4-11(5-3-10)22-16(17)18/h2-9,16H,1H3/t9-/m0/s1. The molecule has 0 radical (unpaired) electrons. The highest BCUT2D eigenvalue weighted by atomic mass is 32.2. The Labute approximate surface area is 144 Å². The van der Waals surface area contributed by atoms with Gasteiger partial charge in [0.05, 0.1) is 5.25 Å². The summed E-state index contributed by atoms with van der Waals surface area (Å²) in [6.45, 7) is -1.09. The van der Waals surface area contributed by atoms with Crippen molar-refractivity contribution in [2.75, 3.05) is 0 Å². The molecule has 2 aromatic heterocycles. The molecule has 24 heavy (non-hydrogen) atoms. The fraction of sp³-hybridized carbons (Fsp3) is 0.188. The van der Waals surface area contributed by atoms with E-state index in [0.29, 0.717) is 5.56 Å². The second-order valence-corrected chi connectivity index (χ2v) is 7.07. The zero-order chi connectivity index (χ0) is 17.1. The molecule has 0 fully saturated rings. The first-order valence-electron chi connectivity index (χ1n) is 6.98. The Morgan fingerprint density at radius 2 is 1.96 bits per heavy atom.